The first kappa shape index (κ1) is 13.6. The highest BCUT2D eigenvalue weighted by atomic mass is 79.9. The van der Waals surface area contributed by atoms with E-state index in [2.05, 4.69) is 25.4 Å². The molecule has 0 saturated heterocycles. The fourth-order valence-corrected chi connectivity index (χ4v) is 1.65. The monoisotopic (exact) mass is 308 g/mol. The predicted molar refractivity (Wildman–Crippen MR) is 57.5 cm³/mol. The highest BCUT2D eigenvalue weighted by Gasteiger charge is 2.17. The van der Waals surface area contributed by atoms with Gasteiger partial charge < -0.3 is 9.47 Å². The van der Waals surface area contributed by atoms with Crippen molar-refractivity contribution in [3.8, 4) is 5.75 Å². The van der Waals surface area contributed by atoms with Crippen molar-refractivity contribution in [1.29, 1.82) is 0 Å². The Balaban J connectivity index is 3.26. The first-order valence-corrected chi connectivity index (χ1v) is 5.10. The highest BCUT2D eigenvalue weighted by Crippen LogP contribution is 2.28. The van der Waals surface area contributed by atoms with Gasteiger partial charge >= 0.3 is 12.6 Å². The second-order valence-corrected chi connectivity index (χ2v) is 3.71. The average molecular weight is 309 g/mol. The lowest BCUT2D eigenvalue weighted by Crippen LogP contribution is -2.08. The van der Waals surface area contributed by atoms with E-state index in [-0.39, 0.29) is 21.3 Å². The lowest BCUT2D eigenvalue weighted by atomic mass is 10.1. The number of carbonyl (C=O) groups excluding carboxylic acids is 2. The number of aldehydes is 1. The van der Waals surface area contributed by atoms with E-state index in [1.54, 1.807) is 0 Å². The highest BCUT2D eigenvalue weighted by molar-refractivity contribution is 9.10. The van der Waals surface area contributed by atoms with Crippen LogP contribution in [0.2, 0.25) is 0 Å². The zero-order valence-corrected chi connectivity index (χ0v) is 10.2. The van der Waals surface area contributed by atoms with E-state index in [4.69, 9.17) is 0 Å². The van der Waals surface area contributed by atoms with Crippen molar-refractivity contribution in [2.45, 2.75) is 6.61 Å². The van der Waals surface area contributed by atoms with Gasteiger partial charge in [0, 0.05) is 4.47 Å². The van der Waals surface area contributed by atoms with Gasteiger partial charge in [0.2, 0.25) is 0 Å². The van der Waals surface area contributed by atoms with Crippen LogP contribution >= 0.6 is 15.9 Å². The Kier molecular flexibility index (Phi) is 4.56. The van der Waals surface area contributed by atoms with Gasteiger partial charge in [-0.3, -0.25) is 4.79 Å². The van der Waals surface area contributed by atoms with Crippen molar-refractivity contribution in [1.82, 2.24) is 0 Å². The smallest absolute Gasteiger partial charge is 0.387 e. The SMILES string of the molecule is COC(=O)c1cc(OC(F)F)c(C=O)cc1Br. The molecule has 92 valence electrons. The van der Waals surface area contributed by atoms with Crippen LogP contribution in [0, 0.1) is 0 Å². The van der Waals surface area contributed by atoms with Gasteiger partial charge in [0.05, 0.1) is 18.2 Å². The van der Waals surface area contributed by atoms with Crippen LogP contribution in [0.4, 0.5) is 8.78 Å². The van der Waals surface area contributed by atoms with E-state index < -0.39 is 12.6 Å². The maximum Gasteiger partial charge on any atom is 0.387 e. The molecule has 0 atom stereocenters. The molecule has 0 saturated carbocycles. The van der Waals surface area contributed by atoms with Gasteiger partial charge in [-0.05, 0) is 28.1 Å². The molecular formula is C10H7BrF2O4. The van der Waals surface area contributed by atoms with Gasteiger partial charge in [0.25, 0.3) is 0 Å². The number of alkyl halides is 2. The summed E-state index contributed by atoms with van der Waals surface area (Å²) >= 11 is 3.03. The first-order chi connectivity index (χ1) is 7.99. The molecule has 0 aliphatic rings. The van der Waals surface area contributed by atoms with Gasteiger partial charge in [-0.25, -0.2) is 4.79 Å². The second kappa shape index (κ2) is 5.72. The lowest BCUT2D eigenvalue weighted by Gasteiger charge is -2.10. The van der Waals surface area contributed by atoms with Gasteiger partial charge in [-0.15, -0.1) is 0 Å². The quantitative estimate of drug-likeness (QED) is 0.634. The minimum absolute atomic E-state index is 0.00579. The van der Waals surface area contributed by atoms with Crippen LogP contribution in [0.5, 0.6) is 5.75 Å². The Labute approximate surface area is 104 Å². The molecular weight excluding hydrogens is 302 g/mol. The molecule has 17 heavy (non-hydrogen) atoms. The minimum atomic E-state index is -3.08. The van der Waals surface area contributed by atoms with Crippen molar-refractivity contribution in [3.63, 3.8) is 0 Å². The Morgan fingerprint density at radius 2 is 2.12 bits per heavy atom. The molecule has 0 radical (unpaired) electrons. The van der Waals surface area contributed by atoms with E-state index in [0.717, 1.165) is 13.2 Å². The van der Waals surface area contributed by atoms with Gasteiger partial charge in [0.15, 0.2) is 6.29 Å². The summed E-state index contributed by atoms with van der Waals surface area (Å²) < 4.78 is 33.0. The maximum atomic E-state index is 12.1. The number of hydrogen-bond donors (Lipinski definition) is 0. The van der Waals surface area contributed by atoms with Crippen LogP contribution in [0.15, 0.2) is 16.6 Å². The van der Waals surface area contributed by atoms with Crippen LogP contribution in [0.3, 0.4) is 0 Å². The van der Waals surface area contributed by atoms with Crippen LogP contribution in [0.1, 0.15) is 20.7 Å². The minimum Gasteiger partial charge on any atom is -0.465 e. The molecule has 0 aliphatic heterocycles. The van der Waals surface area contributed by atoms with Crippen molar-refractivity contribution < 1.29 is 27.8 Å². The second-order valence-electron chi connectivity index (χ2n) is 2.86. The van der Waals surface area contributed by atoms with Crippen LogP contribution in [0.25, 0.3) is 0 Å². The first-order valence-electron chi connectivity index (χ1n) is 4.31. The van der Waals surface area contributed by atoms with E-state index in [9.17, 15) is 18.4 Å². The topological polar surface area (TPSA) is 52.6 Å². The fourth-order valence-electron chi connectivity index (χ4n) is 1.13. The van der Waals surface area contributed by atoms with Crippen molar-refractivity contribution in [2.75, 3.05) is 7.11 Å². The van der Waals surface area contributed by atoms with Crippen LogP contribution < -0.4 is 4.74 Å². The zero-order valence-electron chi connectivity index (χ0n) is 8.58. The summed E-state index contributed by atoms with van der Waals surface area (Å²) in [4.78, 5) is 21.9. The predicted octanol–water partition coefficient (Wildman–Crippen LogP) is 2.65. The number of rotatable bonds is 4. The maximum absolute atomic E-state index is 12.1. The number of halogens is 3. The summed E-state index contributed by atoms with van der Waals surface area (Å²) in [5.41, 5.74) is -0.0985. The van der Waals surface area contributed by atoms with Crippen molar-refractivity contribution in [2.24, 2.45) is 0 Å². The summed E-state index contributed by atoms with van der Waals surface area (Å²) in [5.74, 6) is -1.10. The largest absolute Gasteiger partial charge is 0.465 e. The Bertz CT molecular complexity index is 448. The molecule has 0 fully saturated rings. The molecule has 0 unspecified atom stereocenters. The fraction of sp³-hybridized carbons (Fsp3) is 0.200. The molecule has 4 nitrogen and oxygen atoms in total. The number of benzene rings is 1. The molecule has 1 aromatic rings. The lowest BCUT2D eigenvalue weighted by molar-refractivity contribution is -0.0501. The molecule has 0 bridgehead atoms. The summed E-state index contributed by atoms with van der Waals surface area (Å²) in [6.07, 6.45) is 0.351. The Morgan fingerprint density at radius 1 is 1.47 bits per heavy atom. The van der Waals surface area contributed by atoms with Crippen LogP contribution in [-0.2, 0) is 4.74 Å². The Hall–Kier alpha value is -1.50. The molecule has 1 aromatic carbocycles. The molecule has 0 spiro atoms. The van der Waals surface area contributed by atoms with Gasteiger partial charge in [-0.2, -0.15) is 8.78 Å². The third-order valence-electron chi connectivity index (χ3n) is 1.85. The molecule has 0 aliphatic carbocycles. The third-order valence-corrected chi connectivity index (χ3v) is 2.50. The average Bonchev–Trinajstić information content (AvgIpc) is 2.29. The molecule has 0 N–H and O–H groups in total. The Morgan fingerprint density at radius 3 is 2.59 bits per heavy atom. The standard InChI is InChI=1S/C10H7BrF2O4/c1-16-9(15)6-3-8(17-10(12)13)5(4-14)2-7(6)11/h2-4,10H,1H3. The normalized spacial score (nSPS) is 10.2. The van der Waals surface area contributed by atoms with E-state index in [1.165, 1.54) is 6.07 Å². The molecule has 7 heteroatoms. The van der Waals surface area contributed by atoms with Crippen molar-refractivity contribution >= 4 is 28.2 Å². The zero-order chi connectivity index (χ0) is 13.0. The number of ether oxygens (including phenoxy) is 2. The van der Waals surface area contributed by atoms with Gasteiger partial charge in [0.1, 0.15) is 5.75 Å². The molecule has 0 aromatic heterocycles. The number of hydrogen-bond acceptors (Lipinski definition) is 4. The summed E-state index contributed by atoms with van der Waals surface area (Å²) in [7, 11) is 1.15. The number of carbonyl (C=O) groups is 2. The third kappa shape index (κ3) is 3.23. The van der Waals surface area contributed by atoms with Crippen molar-refractivity contribution in [3.05, 3.63) is 27.7 Å². The van der Waals surface area contributed by atoms with Crippen LogP contribution in [-0.4, -0.2) is 26.0 Å². The number of esters is 1. The van der Waals surface area contributed by atoms with E-state index in [0.29, 0.717) is 6.29 Å². The van der Waals surface area contributed by atoms with Gasteiger partial charge in [-0.1, -0.05) is 0 Å². The summed E-state index contributed by atoms with van der Waals surface area (Å²) in [6.45, 7) is -3.08. The molecule has 1 rings (SSSR count). The molecule has 0 amide bonds. The summed E-state index contributed by atoms with van der Waals surface area (Å²) in [5, 5.41) is 0. The van der Waals surface area contributed by atoms with E-state index >= 15 is 0 Å². The van der Waals surface area contributed by atoms with E-state index in [1.807, 2.05) is 0 Å². The summed E-state index contributed by atoms with van der Waals surface area (Å²) in [6, 6.07) is 2.22. The number of methoxy groups -OCH3 is 1. The molecule has 0 heterocycles.